The summed E-state index contributed by atoms with van der Waals surface area (Å²) in [5.41, 5.74) is 0.501. The molecule has 0 amide bonds. The standard InChI is InChI=1S/C14H28O2/c1-4-14(2,3)10-6-8-12-16-13-9-5-7-11-15-13/h13H,4-12H2,1-3H3. The Labute approximate surface area is 101 Å². The Balaban J connectivity index is 1.95. The molecule has 0 aromatic rings. The van der Waals surface area contributed by atoms with E-state index in [1.807, 2.05) is 0 Å². The highest BCUT2D eigenvalue weighted by Gasteiger charge is 2.15. The third kappa shape index (κ3) is 5.86. The molecule has 0 spiro atoms. The summed E-state index contributed by atoms with van der Waals surface area (Å²) in [6, 6.07) is 0. The van der Waals surface area contributed by atoms with E-state index in [2.05, 4.69) is 20.8 Å². The quantitative estimate of drug-likeness (QED) is 0.610. The second-order valence-electron chi connectivity index (χ2n) is 5.64. The van der Waals surface area contributed by atoms with Crippen molar-refractivity contribution in [2.24, 2.45) is 5.41 Å². The zero-order valence-electron chi connectivity index (χ0n) is 11.3. The van der Waals surface area contributed by atoms with Crippen LogP contribution in [0.3, 0.4) is 0 Å². The van der Waals surface area contributed by atoms with Gasteiger partial charge in [-0.1, -0.05) is 33.6 Å². The smallest absolute Gasteiger partial charge is 0.157 e. The maximum Gasteiger partial charge on any atom is 0.157 e. The van der Waals surface area contributed by atoms with Crippen molar-refractivity contribution >= 4 is 0 Å². The normalized spacial score (nSPS) is 22.3. The molecule has 0 saturated carbocycles. The Kier molecular flexibility index (Phi) is 6.37. The molecule has 0 bridgehead atoms. The number of unbranched alkanes of at least 4 members (excludes halogenated alkanes) is 1. The minimum atomic E-state index is 0.0907. The van der Waals surface area contributed by atoms with Crippen LogP contribution in [0.4, 0.5) is 0 Å². The molecule has 96 valence electrons. The van der Waals surface area contributed by atoms with Gasteiger partial charge in [-0.2, -0.15) is 0 Å². The number of rotatable bonds is 7. The summed E-state index contributed by atoms with van der Waals surface area (Å²) >= 11 is 0. The molecule has 0 radical (unpaired) electrons. The van der Waals surface area contributed by atoms with Gasteiger partial charge in [-0.05, 0) is 37.5 Å². The van der Waals surface area contributed by atoms with Crippen molar-refractivity contribution in [1.29, 1.82) is 0 Å². The molecule has 1 aliphatic rings. The highest BCUT2D eigenvalue weighted by atomic mass is 16.7. The Bertz CT molecular complexity index is 172. The van der Waals surface area contributed by atoms with Gasteiger partial charge in [0.15, 0.2) is 6.29 Å². The van der Waals surface area contributed by atoms with Gasteiger partial charge in [-0.15, -0.1) is 0 Å². The lowest BCUT2D eigenvalue weighted by molar-refractivity contribution is -0.162. The molecule has 0 N–H and O–H groups in total. The fourth-order valence-corrected chi connectivity index (χ4v) is 1.94. The minimum absolute atomic E-state index is 0.0907. The second kappa shape index (κ2) is 7.29. The van der Waals surface area contributed by atoms with E-state index >= 15 is 0 Å². The van der Waals surface area contributed by atoms with Crippen molar-refractivity contribution in [2.45, 2.75) is 72.0 Å². The summed E-state index contributed by atoms with van der Waals surface area (Å²) in [6.45, 7) is 8.71. The molecule has 1 atom stereocenters. The lowest BCUT2D eigenvalue weighted by Crippen LogP contribution is -2.22. The average Bonchev–Trinajstić information content (AvgIpc) is 2.30. The van der Waals surface area contributed by atoms with Crippen LogP contribution in [0.15, 0.2) is 0 Å². The van der Waals surface area contributed by atoms with Crippen LogP contribution < -0.4 is 0 Å². The van der Waals surface area contributed by atoms with Crippen LogP contribution in [0, 0.1) is 5.41 Å². The molecule has 1 rings (SSSR count). The van der Waals surface area contributed by atoms with E-state index in [1.165, 1.54) is 38.5 Å². The third-order valence-corrected chi connectivity index (χ3v) is 3.65. The van der Waals surface area contributed by atoms with Crippen molar-refractivity contribution in [1.82, 2.24) is 0 Å². The zero-order chi connectivity index (χ0) is 11.9. The van der Waals surface area contributed by atoms with E-state index in [1.54, 1.807) is 0 Å². The summed E-state index contributed by atoms with van der Waals surface area (Å²) in [6.07, 6.45) is 8.64. The topological polar surface area (TPSA) is 18.5 Å². The van der Waals surface area contributed by atoms with Crippen molar-refractivity contribution in [3.05, 3.63) is 0 Å². The average molecular weight is 228 g/mol. The van der Waals surface area contributed by atoms with E-state index in [4.69, 9.17) is 9.47 Å². The van der Waals surface area contributed by atoms with E-state index in [-0.39, 0.29) is 6.29 Å². The summed E-state index contributed by atoms with van der Waals surface area (Å²) < 4.78 is 11.2. The van der Waals surface area contributed by atoms with Crippen molar-refractivity contribution < 1.29 is 9.47 Å². The molecule has 1 fully saturated rings. The molecule has 0 aliphatic carbocycles. The lowest BCUT2D eigenvalue weighted by atomic mass is 9.85. The van der Waals surface area contributed by atoms with Crippen LogP contribution in [0.25, 0.3) is 0 Å². The fraction of sp³-hybridized carbons (Fsp3) is 1.00. The molecule has 1 saturated heterocycles. The van der Waals surface area contributed by atoms with Crippen LogP contribution >= 0.6 is 0 Å². The fourth-order valence-electron chi connectivity index (χ4n) is 1.94. The number of hydrogen-bond acceptors (Lipinski definition) is 2. The minimum Gasteiger partial charge on any atom is -0.353 e. The van der Waals surface area contributed by atoms with Gasteiger partial charge in [0.05, 0.1) is 0 Å². The maximum atomic E-state index is 5.71. The maximum absolute atomic E-state index is 5.71. The molecule has 1 heterocycles. The molecule has 1 aliphatic heterocycles. The largest absolute Gasteiger partial charge is 0.353 e. The number of hydrogen-bond donors (Lipinski definition) is 0. The highest BCUT2D eigenvalue weighted by molar-refractivity contribution is 4.65. The van der Waals surface area contributed by atoms with Gasteiger partial charge in [0.1, 0.15) is 0 Å². The van der Waals surface area contributed by atoms with Gasteiger partial charge in [0, 0.05) is 13.2 Å². The third-order valence-electron chi connectivity index (χ3n) is 3.65. The van der Waals surface area contributed by atoms with Crippen LogP contribution in [-0.4, -0.2) is 19.5 Å². The van der Waals surface area contributed by atoms with Gasteiger partial charge in [-0.3, -0.25) is 0 Å². The Morgan fingerprint density at radius 1 is 1.25 bits per heavy atom. The lowest BCUT2D eigenvalue weighted by Gasteiger charge is -2.24. The van der Waals surface area contributed by atoms with E-state index in [0.717, 1.165) is 19.6 Å². The molecule has 2 nitrogen and oxygen atoms in total. The second-order valence-corrected chi connectivity index (χ2v) is 5.64. The van der Waals surface area contributed by atoms with Gasteiger partial charge in [-0.25, -0.2) is 0 Å². The van der Waals surface area contributed by atoms with Gasteiger partial charge >= 0.3 is 0 Å². The Morgan fingerprint density at radius 2 is 2.06 bits per heavy atom. The molecule has 1 unspecified atom stereocenters. The molecular weight excluding hydrogens is 200 g/mol. The molecular formula is C14H28O2. The summed E-state index contributed by atoms with van der Waals surface area (Å²) in [7, 11) is 0. The van der Waals surface area contributed by atoms with Crippen molar-refractivity contribution in [3.8, 4) is 0 Å². The monoisotopic (exact) mass is 228 g/mol. The molecule has 16 heavy (non-hydrogen) atoms. The van der Waals surface area contributed by atoms with Gasteiger partial charge in [0.2, 0.25) is 0 Å². The first kappa shape index (κ1) is 14.0. The van der Waals surface area contributed by atoms with E-state index in [9.17, 15) is 0 Å². The first-order chi connectivity index (χ1) is 7.64. The predicted octanol–water partition coefficient (Wildman–Crippen LogP) is 4.14. The summed E-state index contributed by atoms with van der Waals surface area (Å²) in [5.74, 6) is 0. The Morgan fingerprint density at radius 3 is 2.69 bits per heavy atom. The van der Waals surface area contributed by atoms with Gasteiger partial charge in [0.25, 0.3) is 0 Å². The molecule has 2 heteroatoms. The highest BCUT2D eigenvalue weighted by Crippen LogP contribution is 2.26. The van der Waals surface area contributed by atoms with Crippen molar-refractivity contribution in [2.75, 3.05) is 13.2 Å². The summed E-state index contributed by atoms with van der Waals surface area (Å²) in [4.78, 5) is 0. The van der Waals surface area contributed by atoms with Crippen LogP contribution in [0.2, 0.25) is 0 Å². The predicted molar refractivity (Wildman–Crippen MR) is 67.5 cm³/mol. The zero-order valence-corrected chi connectivity index (χ0v) is 11.3. The number of ether oxygens (including phenoxy) is 2. The Hall–Kier alpha value is -0.0800. The van der Waals surface area contributed by atoms with Crippen LogP contribution in [0.5, 0.6) is 0 Å². The van der Waals surface area contributed by atoms with Gasteiger partial charge < -0.3 is 9.47 Å². The van der Waals surface area contributed by atoms with Crippen LogP contribution in [0.1, 0.15) is 65.7 Å². The SMILES string of the molecule is CCC(C)(C)CCCCOC1CCCCO1. The summed E-state index contributed by atoms with van der Waals surface area (Å²) in [5, 5.41) is 0. The van der Waals surface area contributed by atoms with Crippen molar-refractivity contribution in [3.63, 3.8) is 0 Å². The first-order valence-electron chi connectivity index (χ1n) is 6.87. The van der Waals surface area contributed by atoms with Crippen LogP contribution in [-0.2, 0) is 9.47 Å². The molecule has 0 aromatic carbocycles. The van der Waals surface area contributed by atoms with E-state index in [0.29, 0.717) is 5.41 Å². The van der Waals surface area contributed by atoms with E-state index < -0.39 is 0 Å². The molecule has 0 aromatic heterocycles. The first-order valence-corrected chi connectivity index (χ1v) is 6.87.